The zero-order chi connectivity index (χ0) is 11.5. The van der Waals surface area contributed by atoms with Gasteiger partial charge in [-0.1, -0.05) is 28.1 Å². The van der Waals surface area contributed by atoms with Crippen LogP contribution in [0.4, 0.5) is 0 Å². The first-order valence-electron chi connectivity index (χ1n) is 5.37. The fourth-order valence-corrected chi connectivity index (χ4v) is 2.40. The summed E-state index contributed by atoms with van der Waals surface area (Å²) < 4.78 is 1.10. The van der Waals surface area contributed by atoms with Crippen LogP contribution in [0, 0.1) is 0 Å². The highest BCUT2D eigenvalue weighted by atomic mass is 79.9. The Morgan fingerprint density at radius 3 is 3.06 bits per heavy atom. The van der Waals surface area contributed by atoms with Crippen LogP contribution in [-0.2, 0) is 11.2 Å². The van der Waals surface area contributed by atoms with Gasteiger partial charge in [0.15, 0.2) is 0 Å². The van der Waals surface area contributed by atoms with Crippen molar-refractivity contribution in [2.75, 3.05) is 20.1 Å². The minimum absolute atomic E-state index is 0.172. The van der Waals surface area contributed by atoms with E-state index in [0.29, 0.717) is 12.6 Å². The molecular weight excluding hydrogens is 268 g/mol. The Bertz CT molecular complexity index is 394. The second-order valence-corrected chi connectivity index (χ2v) is 5.10. The van der Waals surface area contributed by atoms with Gasteiger partial charge in [0.25, 0.3) is 0 Å². The lowest BCUT2D eigenvalue weighted by atomic mass is 10.0. The number of rotatable bonds is 2. The number of likely N-dealkylation sites (N-methyl/N-ethyl adjacent to an activating group) is 1. The van der Waals surface area contributed by atoms with Gasteiger partial charge in [-0.05, 0) is 24.1 Å². The maximum absolute atomic E-state index is 11.3. The van der Waals surface area contributed by atoms with Gasteiger partial charge in [-0.2, -0.15) is 0 Å². The van der Waals surface area contributed by atoms with E-state index in [1.807, 2.05) is 19.2 Å². The Kier molecular flexibility index (Phi) is 3.61. The molecule has 1 heterocycles. The molecule has 0 spiro atoms. The minimum Gasteiger partial charge on any atom is -0.343 e. The monoisotopic (exact) mass is 282 g/mol. The highest BCUT2D eigenvalue weighted by molar-refractivity contribution is 9.10. The molecule has 1 amide bonds. The fraction of sp³-hybridized carbons (Fsp3) is 0.417. The summed E-state index contributed by atoms with van der Waals surface area (Å²) in [5.74, 6) is 0.172. The normalized spacial score (nSPS) is 21.2. The van der Waals surface area contributed by atoms with Gasteiger partial charge in [-0.3, -0.25) is 4.79 Å². The van der Waals surface area contributed by atoms with Crippen LogP contribution in [0.15, 0.2) is 28.7 Å². The predicted molar refractivity (Wildman–Crippen MR) is 67.3 cm³/mol. The van der Waals surface area contributed by atoms with Crippen LogP contribution in [0.25, 0.3) is 0 Å². The van der Waals surface area contributed by atoms with Crippen molar-refractivity contribution in [3.05, 3.63) is 34.3 Å². The number of halogens is 1. The van der Waals surface area contributed by atoms with Crippen LogP contribution in [0.2, 0.25) is 0 Å². The molecule has 3 nitrogen and oxygen atoms in total. The molecule has 2 rings (SSSR count). The molecule has 1 saturated heterocycles. The fourth-order valence-electron chi connectivity index (χ4n) is 1.95. The molecule has 0 saturated carbocycles. The van der Waals surface area contributed by atoms with Crippen LogP contribution in [0.5, 0.6) is 0 Å². The molecule has 1 N–H and O–H groups in total. The summed E-state index contributed by atoms with van der Waals surface area (Å²) >= 11 is 3.46. The average Bonchev–Trinajstić information content (AvgIpc) is 2.24. The van der Waals surface area contributed by atoms with Crippen LogP contribution in [-0.4, -0.2) is 37.0 Å². The summed E-state index contributed by atoms with van der Waals surface area (Å²) in [5, 5.41) is 3.26. The lowest BCUT2D eigenvalue weighted by Crippen LogP contribution is -2.53. The summed E-state index contributed by atoms with van der Waals surface area (Å²) in [6.45, 7) is 1.24. The molecule has 0 aromatic heterocycles. The van der Waals surface area contributed by atoms with Gasteiger partial charge in [0, 0.05) is 24.1 Å². The second kappa shape index (κ2) is 4.97. The largest absolute Gasteiger partial charge is 0.343 e. The van der Waals surface area contributed by atoms with Crippen molar-refractivity contribution >= 4 is 21.8 Å². The van der Waals surface area contributed by atoms with E-state index in [0.717, 1.165) is 17.4 Å². The van der Waals surface area contributed by atoms with E-state index in [1.165, 1.54) is 5.56 Å². The summed E-state index contributed by atoms with van der Waals surface area (Å²) in [7, 11) is 1.86. The molecule has 86 valence electrons. The molecule has 0 bridgehead atoms. The van der Waals surface area contributed by atoms with Crippen molar-refractivity contribution in [3.63, 3.8) is 0 Å². The van der Waals surface area contributed by atoms with E-state index in [1.54, 1.807) is 4.90 Å². The molecule has 1 atom stereocenters. The van der Waals surface area contributed by atoms with Crippen LogP contribution in [0.1, 0.15) is 5.56 Å². The van der Waals surface area contributed by atoms with E-state index in [-0.39, 0.29) is 5.91 Å². The number of hydrogen-bond acceptors (Lipinski definition) is 2. The van der Waals surface area contributed by atoms with Gasteiger partial charge in [0.1, 0.15) is 0 Å². The molecule has 16 heavy (non-hydrogen) atoms. The van der Waals surface area contributed by atoms with Crippen molar-refractivity contribution < 1.29 is 4.79 Å². The molecule has 0 radical (unpaired) electrons. The molecule has 1 fully saturated rings. The molecule has 1 aliphatic rings. The van der Waals surface area contributed by atoms with E-state index >= 15 is 0 Å². The molecular formula is C12H15BrN2O. The molecule has 1 aliphatic heterocycles. The van der Waals surface area contributed by atoms with Crippen molar-refractivity contribution in [1.82, 2.24) is 10.2 Å². The number of amides is 1. The first-order valence-corrected chi connectivity index (χ1v) is 6.16. The third kappa shape index (κ3) is 2.83. The quantitative estimate of drug-likeness (QED) is 0.890. The zero-order valence-electron chi connectivity index (χ0n) is 9.24. The van der Waals surface area contributed by atoms with Crippen LogP contribution in [0.3, 0.4) is 0 Å². The number of nitrogens with zero attached hydrogens (tertiary/aromatic N) is 1. The minimum atomic E-state index is 0.172. The van der Waals surface area contributed by atoms with Crippen molar-refractivity contribution in [2.24, 2.45) is 0 Å². The number of carbonyl (C=O) groups is 1. The Morgan fingerprint density at radius 2 is 2.38 bits per heavy atom. The summed E-state index contributed by atoms with van der Waals surface area (Å²) in [4.78, 5) is 13.1. The number of nitrogens with one attached hydrogen (secondary N) is 1. The number of piperazine rings is 1. The highest BCUT2D eigenvalue weighted by Gasteiger charge is 2.21. The number of benzene rings is 1. The van der Waals surface area contributed by atoms with Crippen molar-refractivity contribution in [1.29, 1.82) is 0 Å². The average molecular weight is 283 g/mol. The molecule has 1 aromatic rings. The predicted octanol–water partition coefficient (Wildman–Crippen LogP) is 1.42. The highest BCUT2D eigenvalue weighted by Crippen LogP contribution is 2.14. The summed E-state index contributed by atoms with van der Waals surface area (Å²) in [6, 6.07) is 8.66. The van der Waals surface area contributed by atoms with Crippen molar-refractivity contribution in [2.45, 2.75) is 12.5 Å². The van der Waals surface area contributed by atoms with E-state index < -0.39 is 0 Å². The Labute approximate surface area is 104 Å². The maximum atomic E-state index is 11.3. The van der Waals surface area contributed by atoms with Gasteiger partial charge in [0.2, 0.25) is 5.91 Å². The lowest BCUT2D eigenvalue weighted by molar-refractivity contribution is -0.131. The summed E-state index contributed by atoms with van der Waals surface area (Å²) in [5.41, 5.74) is 1.29. The van der Waals surface area contributed by atoms with Gasteiger partial charge in [-0.15, -0.1) is 0 Å². The molecule has 0 aliphatic carbocycles. The Morgan fingerprint density at radius 1 is 1.56 bits per heavy atom. The number of hydrogen-bond donors (Lipinski definition) is 1. The summed E-state index contributed by atoms with van der Waals surface area (Å²) in [6.07, 6.45) is 0.955. The smallest absolute Gasteiger partial charge is 0.236 e. The second-order valence-electron chi connectivity index (χ2n) is 4.19. The maximum Gasteiger partial charge on any atom is 0.236 e. The topological polar surface area (TPSA) is 32.3 Å². The van der Waals surface area contributed by atoms with E-state index in [9.17, 15) is 4.79 Å². The third-order valence-corrected chi connectivity index (χ3v) is 3.33. The van der Waals surface area contributed by atoms with Gasteiger partial charge >= 0.3 is 0 Å². The molecule has 1 aromatic carbocycles. The van der Waals surface area contributed by atoms with Gasteiger partial charge in [0.05, 0.1) is 6.54 Å². The first kappa shape index (κ1) is 11.6. The molecule has 1 unspecified atom stereocenters. The lowest BCUT2D eigenvalue weighted by Gasteiger charge is -2.30. The Hall–Kier alpha value is -0.870. The first-order chi connectivity index (χ1) is 7.65. The van der Waals surface area contributed by atoms with Gasteiger partial charge in [-0.25, -0.2) is 0 Å². The number of carbonyl (C=O) groups excluding carboxylic acids is 1. The van der Waals surface area contributed by atoms with Crippen molar-refractivity contribution in [3.8, 4) is 0 Å². The van der Waals surface area contributed by atoms with E-state index in [4.69, 9.17) is 0 Å². The molecule has 4 heteroatoms. The Balaban J connectivity index is 1.98. The van der Waals surface area contributed by atoms with Crippen LogP contribution < -0.4 is 5.32 Å². The SMILES string of the molecule is CN1CC(Cc2cccc(Br)c2)NCC1=O. The standard InChI is InChI=1S/C12H15BrN2O/c1-15-8-11(14-7-12(15)16)6-9-3-2-4-10(13)5-9/h2-5,11,14H,6-8H2,1H3. The van der Waals surface area contributed by atoms with E-state index in [2.05, 4.69) is 33.4 Å². The van der Waals surface area contributed by atoms with Crippen LogP contribution >= 0.6 is 15.9 Å². The third-order valence-electron chi connectivity index (χ3n) is 2.83. The van der Waals surface area contributed by atoms with Gasteiger partial charge < -0.3 is 10.2 Å². The zero-order valence-corrected chi connectivity index (χ0v) is 10.8.